The topological polar surface area (TPSA) is 79.8 Å². The molecule has 4 aromatic rings. The summed E-state index contributed by atoms with van der Waals surface area (Å²) in [5.41, 5.74) is 9.72. The summed E-state index contributed by atoms with van der Waals surface area (Å²) >= 11 is 1.61. The van der Waals surface area contributed by atoms with Crippen molar-refractivity contribution in [1.29, 1.82) is 0 Å². The van der Waals surface area contributed by atoms with Gasteiger partial charge in [0.1, 0.15) is 5.75 Å². The number of aliphatic imine (C=N–C) groups is 1. The molecule has 1 aliphatic heterocycles. The van der Waals surface area contributed by atoms with E-state index in [0.29, 0.717) is 11.3 Å². The maximum atomic E-state index is 12.8. The van der Waals surface area contributed by atoms with Gasteiger partial charge in [-0.05, 0) is 54.1 Å². The maximum Gasteiger partial charge on any atom is 0.269 e. The molecule has 0 fully saturated rings. The Morgan fingerprint density at radius 3 is 2.36 bits per heavy atom. The first-order chi connectivity index (χ1) is 17.6. The van der Waals surface area contributed by atoms with Crippen LogP contribution in [0.2, 0.25) is 0 Å². The Bertz CT molecular complexity index is 1450. The molecule has 2 N–H and O–H groups in total. The Balaban J connectivity index is 1.40. The van der Waals surface area contributed by atoms with E-state index in [1.807, 2.05) is 78.9 Å². The fourth-order valence-corrected chi connectivity index (χ4v) is 4.88. The van der Waals surface area contributed by atoms with Gasteiger partial charge < -0.3 is 4.74 Å². The van der Waals surface area contributed by atoms with Gasteiger partial charge >= 0.3 is 0 Å². The molecule has 0 aliphatic carbocycles. The monoisotopic (exact) mass is 493 g/mol. The molecular weight excluding hydrogens is 470 g/mol. The van der Waals surface area contributed by atoms with E-state index in [4.69, 9.17) is 9.73 Å². The van der Waals surface area contributed by atoms with Crippen molar-refractivity contribution in [3.05, 3.63) is 119 Å². The number of nitrogens with zero attached hydrogens (tertiary/aromatic N) is 1. The number of hydrogen-bond donors (Lipinski definition) is 2. The van der Waals surface area contributed by atoms with E-state index < -0.39 is 5.91 Å². The van der Waals surface area contributed by atoms with E-state index in [1.54, 1.807) is 31.0 Å². The Hall–Kier alpha value is -4.36. The molecule has 36 heavy (non-hydrogen) atoms. The third kappa shape index (κ3) is 5.16. The average molecular weight is 494 g/mol. The Morgan fingerprint density at radius 2 is 1.58 bits per heavy atom. The minimum absolute atomic E-state index is 0.176. The Kier molecular flexibility index (Phi) is 6.82. The molecular formula is C29H23N3O3S. The zero-order chi connectivity index (χ0) is 24.9. The molecule has 0 saturated heterocycles. The number of benzene rings is 4. The van der Waals surface area contributed by atoms with Gasteiger partial charge in [-0.3, -0.25) is 20.4 Å². The second kappa shape index (κ2) is 10.5. The third-order valence-electron chi connectivity index (χ3n) is 5.70. The molecule has 1 aliphatic rings. The first-order valence-electron chi connectivity index (χ1n) is 11.4. The summed E-state index contributed by atoms with van der Waals surface area (Å²) in [4.78, 5) is 32.1. The SMILES string of the molecule is COc1ccc(C2=Nc3cc(C(=O)NNC(=O)Cc4ccccc4)ccc3Sc3ccccc32)cc1. The summed E-state index contributed by atoms with van der Waals surface area (Å²) in [5, 5.41) is 0. The smallest absolute Gasteiger partial charge is 0.269 e. The van der Waals surface area contributed by atoms with E-state index in [9.17, 15) is 9.59 Å². The van der Waals surface area contributed by atoms with Crippen LogP contribution in [0.1, 0.15) is 27.0 Å². The normalized spacial score (nSPS) is 11.9. The zero-order valence-corrected chi connectivity index (χ0v) is 20.3. The Labute approximate surface area is 213 Å². The number of rotatable bonds is 5. The van der Waals surface area contributed by atoms with Crippen molar-refractivity contribution in [3.8, 4) is 5.75 Å². The highest BCUT2D eigenvalue weighted by Gasteiger charge is 2.20. The fourth-order valence-electron chi connectivity index (χ4n) is 3.88. The van der Waals surface area contributed by atoms with Crippen molar-refractivity contribution < 1.29 is 14.3 Å². The van der Waals surface area contributed by atoms with Crippen LogP contribution >= 0.6 is 11.8 Å². The van der Waals surface area contributed by atoms with Gasteiger partial charge in [0.2, 0.25) is 5.91 Å². The van der Waals surface area contributed by atoms with Crippen LogP contribution in [0.3, 0.4) is 0 Å². The van der Waals surface area contributed by atoms with Gasteiger partial charge in [0, 0.05) is 26.5 Å². The molecule has 6 nitrogen and oxygen atoms in total. The number of amides is 2. The van der Waals surface area contributed by atoms with E-state index in [0.717, 1.165) is 37.9 Å². The summed E-state index contributed by atoms with van der Waals surface area (Å²) in [6, 6.07) is 30.6. The highest BCUT2D eigenvalue weighted by molar-refractivity contribution is 7.99. The zero-order valence-electron chi connectivity index (χ0n) is 19.5. The predicted octanol–water partition coefficient (Wildman–Crippen LogP) is 5.33. The standard InChI is InChI=1S/C29H23N3O3S/c1-35-22-14-11-20(12-15-22)28-23-9-5-6-10-25(23)36-26-16-13-21(18-24(26)30-28)29(34)32-31-27(33)17-19-7-3-2-4-8-19/h2-16,18H,17H2,1H3,(H,31,33)(H,32,34). The number of carbonyl (C=O) groups is 2. The first kappa shape index (κ1) is 23.4. The number of fused-ring (bicyclic) bond motifs is 2. The number of hydrogen-bond acceptors (Lipinski definition) is 5. The van der Waals surface area contributed by atoms with E-state index in [1.165, 1.54) is 0 Å². The van der Waals surface area contributed by atoms with Crippen LogP contribution in [-0.2, 0) is 11.2 Å². The van der Waals surface area contributed by atoms with Crippen LogP contribution in [0.15, 0.2) is 112 Å². The highest BCUT2D eigenvalue weighted by atomic mass is 32.2. The lowest BCUT2D eigenvalue weighted by molar-refractivity contribution is -0.121. The van der Waals surface area contributed by atoms with Crippen molar-refractivity contribution in [2.45, 2.75) is 16.2 Å². The van der Waals surface area contributed by atoms with Gasteiger partial charge in [0.05, 0.1) is 24.9 Å². The molecule has 178 valence electrons. The minimum Gasteiger partial charge on any atom is -0.497 e. The lowest BCUT2D eigenvalue weighted by Crippen LogP contribution is -2.42. The molecule has 1 heterocycles. The molecule has 7 heteroatoms. The summed E-state index contributed by atoms with van der Waals surface area (Å²) < 4.78 is 5.30. The third-order valence-corrected chi connectivity index (χ3v) is 6.84. The molecule has 0 aromatic heterocycles. The lowest BCUT2D eigenvalue weighted by atomic mass is 10.0. The molecule has 0 atom stereocenters. The molecule has 2 amide bonds. The van der Waals surface area contributed by atoms with E-state index in [2.05, 4.69) is 16.9 Å². The largest absolute Gasteiger partial charge is 0.497 e. The van der Waals surface area contributed by atoms with Crippen molar-refractivity contribution in [2.24, 2.45) is 4.99 Å². The van der Waals surface area contributed by atoms with Crippen molar-refractivity contribution in [1.82, 2.24) is 10.9 Å². The van der Waals surface area contributed by atoms with Crippen LogP contribution in [-0.4, -0.2) is 24.6 Å². The van der Waals surface area contributed by atoms with Crippen LogP contribution < -0.4 is 15.6 Å². The molecule has 0 radical (unpaired) electrons. The van der Waals surface area contributed by atoms with Gasteiger partial charge in [-0.15, -0.1) is 0 Å². The number of carbonyl (C=O) groups excluding carboxylic acids is 2. The van der Waals surface area contributed by atoms with Crippen LogP contribution in [0.5, 0.6) is 5.75 Å². The number of methoxy groups -OCH3 is 1. The van der Waals surface area contributed by atoms with E-state index in [-0.39, 0.29) is 12.3 Å². The maximum absolute atomic E-state index is 12.8. The summed E-state index contributed by atoms with van der Waals surface area (Å²) in [5.74, 6) is 0.0617. The van der Waals surface area contributed by atoms with Crippen LogP contribution in [0.25, 0.3) is 0 Å². The lowest BCUT2D eigenvalue weighted by Gasteiger charge is -2.10. The number of ether oxygens (including phenoxy) is 1. The quantitative estimate of drug-likeness (QED) is 0.324. The second-order valence-corrected chi connectivity index (χ2v) is 9.22. The number of nitrogens with one attached hydrogen (secondary N) is 2. The summed E-state index contributed by atoms with van der Waals surface area (Å²) in [6.07, 6.45) is 0.176. The van der Waals surface area contributed by atoms with Gasteiger partial charge in [0.15, 0.2) is 0 Å². The van der Waals surface area contributed by atoms with Crippen molar-refractivity contribution in [3.63, 3.8) is 0 Å². The Morgan fingerprint density at radius 1 is 0.833 bits per heavy atom. The summed E-state index contributed by atoms with van der Waals surface area (Å²) in [6.45, 7) is 0. The second-order valence-electron chi connectivity index (χ2n) is 8.13. The van der Waals surface area contributed by atoms with Gasteiger partial charge in [-0.2, -0.15) is 0 Å². The highest BCUT2D eigenvalue weighted by Crippen LogP contribution is 2.41. The molecule has 0 spiro atoms. The molecule has 0 bridgehead atoms. The van der Waals surface area contributed by atoms with Crippen molar-refractivity contribution >= 4 is 35.0 Å². The predicted molar refractivity (Wildman–Crippen MR) is 141 cm³/mol. The average Bonchev–Trinajstić information content (AvgIpc) is 3.08. The number of hydrazine groups is 1. The summed E-state index contributed by atoms with van der Waals surface area (Å²) in [7, 11) is 1.64. The fraction of sp³-hybridized carbons (Fsp3) is 0.0690. The van der Waals surface area contributed by atoms with Crippen molar-refractivity contribution in [2.75, 3.05) is 7.11 Å². The first-order valence-corrected chi connectivity index (χ1v) is 12.2. The van der Waals surface area contributed by atoms with E-state index >= 15 is 0 Å². The van der Waals surface area contributed by atoms with Crippen LogP contribution in [0, 0.1) is 0 Å². The van der Waals surface area contributed by atoms with Crippen LogP contribution in [0.4, 0.5) is 5.69 Å². The molecule has 4 aromatic carbocycles. The molecule has 0 unspecified atom stereocenters. The molecule has 0 saturated carbocycles. The minimum atomic E-state index is -0.410. The van der Waals surface area contributed by atoms with Gasteiger partial charge in [0.25, 0.3) is 5.91 Å². The van der Waals surface area contributed by atoms with Gasteiger partial charge in [-0.25, -0.2) is 4.99 Å². The van der Waals surface area contributed by atoms with Gasteiger partial charge in [-0.1, -0.05) is 60.3 Å². The molecule has 5 rings (SSSR count).